The third-order valence-corrected chi connectivity index (χ3v) is 4.34. The van der Waals surface area contributed by atoms with E-state index in [2.05, 4.69) is 79.7 Å². The number of benzene rings is 2. The number of unbranched alkanes of at least 4 members (excludes halogenated alkanes) is 3. The zero-order valence-corrected chi connectivity index (χ0v) is 20.9. The van der Waals surface area contributed by atoms with E-state index in [0.29, 0.717) is 0 Å². The maximum Gasteiger partial charge on any atom is 0.116 e. The molecule has 0 unspecified atom stereocenters. The Morgan fingerprint density at radius 3 is 2.06 bits per heavy atom. The highest BCUT2D eigenvalue weighted by molar-refractivity contribution is 5.96. The summed E-state index contributed by atoms with van der Waals surface area (Å²) in [6.07, 6.45) is 8.35. The number of aldehydes is 1. The Hall–Kier alpha value is -2.59. The van der Waals surface area contributed by atoms with Crippen molar-refractivity contribution in [3.63, 3.8) is 0 Å². The van der Waals surface area contributed by atoms with Crippen molar-refractivity contribution in [2.75, 3.05) is 19.5 Å². The monoisotopic (exact) mass is 428 g/mol. The third-order valence-electron chi connectivity index (χ3n) is 4.34. The molecule has 3 N–H and O–H groups in total. The maximum atomic E-state index is 8.81. The first-order valence-corrected chi connectivity index (χ1v) is 11.3. The van der Waals surface area contributed by atoms with Crippen molar-refractivity contribution in [1.29, 1.82) is 0 Å². The van der Waals surface area contributed by atoms with Gasteiger partial charge in [0.2, 0.25) is 0 Å². The molecule has 2 aromatic carbocycles. The van der Waals surface area contributed by atoms with Crippen molar-refractivity contribution >= 4 is 22.9 Å². The highest BCUT2D eigenvalue weighted by Crippen LogP contribution is 2.30. The minimum atomic E-state index is 0.750. The lowest BCUT2D eigenvalue weighted by Gasteiger charge is -2.06. The van der Waals surface area contributed by atoms with E-state index in [9.17, 15) is 0 Å². The van der Waals surface area contributed by atoms with Crippen LogP contribution in [-0.2, 0) is 4.79 Å². The van der Waals surface area contributed by atoms with Gasteiger partial charge in [-0.1, -0.05) is 83.7 Å². The standard InChI is InChI=1S/C16H16N2.C6H14.C2H4O.C2H6.CH4O/c1-11-10-18-16-14(11)7-4-8-15(16)12-5-3-6-13(9-12)17-2;1-3-5-6-4-2;1-2-3;2*1-2/h3-10,17-18H,1-2H3;3-6H2,1-2H3;2H,1H3;1-2H3;2H,1H3. The molecule has 0 saturated carbocycles. The molecule has 0 radical (unpaired) electrons. The Morgan fingerprint density at radius 2 is 1.55 bits per heavy atom. The first kappa shape index (κ1) is 30.6. The fraction of sp³-hybridized carbons (Fsp3) is 0.444. The minimum absolute atomic E-state index is 0.750. The molecule has 0 atom stereocenters. The Balaban J connectivity index is 0. The minimum Gasteiger partial charge on any atom is -0.400 e. The highest BCUT2D eigenvalue weighted by Gasteiger charge is 2.06. The molecular weight excluding hydrogens is 384 g/mol. The van der Waals surface area contributed by atoms with Gasteiger partial charge in [0.25, 0.3) is 0 Å². The van der Waals surface area contributed by atoms with E-state index in [-0.39, 0.29) is 0 Å². The SMILES string of the molecule is CC.CC=O.CCCCCC.CNc1cccc(-c2cccc3c(C)c[nH]c23)c1.CO. The largest absolute Gasteiger partial charge is 0.400 e. The van der Waals surface area contributed by atoms with Gasteiger partial charge >= 0.3 is 0 Å². The molecule has 0 aliphatic carbocycles. The number of rotatable bonds is 5. The molecule has 4 heteroatoms. The summed E-state index contributed by atoms with van der Waals surface area (Å²) in [6.45, 7) is 12.0. The van der Waals surface area contributed by atoms with Crippen LogP contribution in [0.5, 0.6) is 0 Å². The number of fused-ring (bicyclic) bond motifs is 1. The van der Waals surface area contributed by atoms with Crippen molar-refractivity contribution in [2.45, 2.75) is 67.2 Å². The number of carbonyl (C=O) groups is 1. The molecule has 3 aromatic rings. The molecule has 4 nitrogen and oxygen atoms in total. The average Bonchev–Trinajstić information content (AvgIpc) is 3.22. The second-order valence-electron chi connectivity index (χ2n) is 6.47. The lowest BCUT2D eigenvalue weighted by atomic mass is 10.0. The van der Waals surface area contributed by atoms with Crippen molar-refractivity contribution in [3.8, 4) is 11.1 Å². The van der Waals surface area contributed by atoms with E-state index in [1.165, 1.54) is 60.2 Å². The van der Waals surface area contributed by atoms with Crippen molar-refractivity contribution in [2.24, 2.45) is 0 Å². The van der Waals surface area contributed by atoms with Crippen molar-refractivity contribution in [1.82, 2.24) is 4.98 Å². The number of aliphatic hydroxyl groups excluding tert-OH is 1. The predicted octanol–water partition coefficient (Wildman–Crippen LogP) is 7.61. The number of aromatic amines is 1. The van der Waals surface area contributed by atoms with Crippen LogP contribution in [0.25, 0.3) is 22.0 Å². The Morgan fingerprint density at radius 1 is 1.00 bits per heavy atom. The van der Waals surface area contributed by atoms with Gasteiger partial charge in [0.1, 0.15) is 6.29 Å². The molecule has 31 heavy (non-hydrogen) atoms. The number of aryl methyl sites for hydroxylation is 1. The first-order chi connectivity index (χ1) is 15.1. The van der Waals surface area contributed by atoms with Crippen LogP contribution in [0.1, 0.15) is 65.9 Å². The summed E-state index contributed by atoms with van der Waals surface area (Å²) in [6, 6.07) is 14.9. The van der Waals surface area contributed by atoms with Gasteiger partial charge in [-0.3, -0.25) is 0 Å². The van der Waals surface area contributed by atoms with Crippen LogP contribution in [0.15, 0.2) is 48.7 Å². The maximum absolute atomic E-state index is 8.81. The topological polar surface area (TPSA) is 65.1 Å². The molecule has 1 aromatic heterocycles. The van der Waals surface area contributed by atoms with Gasteiger partial charge in [0, 0.05) is 37.0 Å². The molecule has 1 heterocycles. The summed E-state index contributed by atoms with van der Waals surface area (Å²) in [4.78, 5) is 12.2. The third kappa shape index (κ3) is 11.4. The Kier molecular flexibility index (Phi) is 20.4. The summed E-state index contributed by atoms with van der Waals surface area (Å²) in [5.74, 6) is 0. The first-order valence-electron chi connectivity index (χ1n) is 11.3. The molecule has 3 rings (SSSR count). The van der Waals surface area contributed by atoms with Gasteiger partial charge < -0.3 is 20.2 Å². The van der Waals surface area contributed by atoms with E-state index < -0.39 is 0 Å². The van der Waals surface area contributed by atoms with Crippen molar-refractivity contribution < 1.29 is 9.90 Å². The van der Waals surface area contributed by atoms with Crippen LogP contribution >= 0.6 is 0 Å². The van der Waals surface area contributed by atoms with Crippen LogP contribution in [0.2, 0.25) is 0 Å². The van der Waals surface area contributed by atoms with Crippen LogP contribution in [-0.4, -0.2) is 30.5 Å². The van der Waals surface area contributed by atoms with Crippen LogP contribution in [0.3, 0.4) is 0 Å². The number of aromatic nitrogens is 1. The quantitative estimate of drug-likeness (QED) is 0.289. The summed E-state index contributed by atoms with van der Waals surface area (Å²) < 4.78 is 0. The second-order valence-corrected chi connectivity index (χ2v) is 6.47. The van der Waals surface area contributed by atoms with E-state index in [0.717, 1.165) is 19.1 Å². The number of nitrogens with one attached hydrogen (secondary N) is 2. The Bertz CT molecular complexity index is 806. The lowest BCUT2D eigenvalue weighted by molar-refractivity contribution is -0.106. The molecule has 0 saturated heterocycles. The molecule has 0 amide bonds. The molecule has 0 aliphatic rings. The molecule has 0 spiro atoms. The Labute approximate surface area is 190 Å². The van der Waals surface area contributed by atoms with E-state index >= 15 is 0 Å². The van der Waals surface area contributed by atoms with Gasteiger partial charge in [0.15, 0.2) is 0 Å². The summed E-state index contributed by atoms with van der Waals surface area (Å²) in [5, 5.41) is 11.5. The molecule has 174 valence electrons. The average molecular weight is 429 g/mol. The van der Waals surface area contributed by atoms with Gasteiger partial charge in [-0.2, -0.15) is 0 Å². The zero-order valence-electron chi connectivity index (χ0n) is 20.9. The second kappa shape index (κ2) is 20.7. The summed E-state index contributed by atoms with van der Waals surface area (Å²) >= 11 is 0. The molecule has 0 aliphatic heterocycles. The molecular formula is C27H44N2O2. The van der Waals surface area contributed by atoms with E-state index in [1.54, 1.807) is 0 Å². The normalized spacial score (nSPS) is 8.81. The van der Waals surface area contributed by atoms with Gasteiger partial charge in [-0.15, -0.1) is 0 Å². The van der Waals surface area contributed by atoms with E-state index in [4.69, 9.17) is 9.90 Å². The van der Waals surface area contributed by atoms with Gasteiger partial charge in [0.05, 0.1) is 5.52 Å². The van der Waals surface area contributed by atoms with Gasteiger partial charge in [-0.25, -0.2) is 0 Å². The lowest BCUT2D eigenvalue weighted by Crippen LogP contribution is -1.88. The zero-order chi connectivity index (χ0) is 24.1. The number of para-hydroxylation sites is 1. The fourth-order valence-electron chi connectivity index (χ4n) is 2.88. The van der Waals surface area contributed by atoms with Crippen LogP contribution < -0.4 is 5.32 Å². The number of hydrogen-bond acceptors (Lipinski definition) is 3. The number of aliphatic hydroxyl groups is 1. The predicted molar refractivity (Wildman–Crippen MR) is 139 cm³/mol. The van der Waals surface area contributed by atoms with Crippen LogP contribution in [0, 0.1) is 6.92 Å². The number of hydrogen-bond donors (Lipinski definition) is 3. The number of anilines is 1. The fourth-order valence-corrected chi connectivity index (χ4v) is 2.88. The van der Waals surface area contributed by atoms with Crippen molar-refractivity contribution in [3.05, 3.63) is 54.2 Å². The molecule has 0 bridgehead atoms. The number of H-pyrrole nitrogens is 1. The number of carbonyl (C=O) groups excluding carboxylic acids is 1. The van der Waals surface area contributed by atoms with E-state index in [1.807, 2.05) is 20.9 Å². The summed E-state index contributed by atoms with van der Waals surface area (Å²) in [7, 11) is 2.94. The smallest absolute Gasteiger partial charge is 0.116 e. The highest BCUT2D eigenvalue weighted by atomic mass is 16.2. The summed E-state index contributed by atoms with van der Waals surface area (Å²) in [5.41, 5.74) is 6.11. The molecule has 0 fully saturated rings. The van der Waals surface area contributed by atoms with Gasteiger partial charge in [-0.05, 0) is 37.1 Å². The van der Waals surface area contributed by atoms with Crippen LogP contribution in [0.4, 0.5) is 5.69 Å².